The number of nitrogens with zero attached hydrogens (tertiary/aromatic N) is 1. The van der Waals surface area contributed by atoms with Gasteiger partial charge < -0.3 is 18.6 Å². The van der Waals surface area contributed by atoms with Crippen LogP contribution < -0.4 is 0 Å². The summed E-state index contributed by atoms with van der Waals surface area (Å²) < 4.78 is 23.8. The van der Waals surface area contributed by atoms with Crippen molar-refractivity contribution in [2.24, 2.45) is 0 Å². The predicted molar refractivity (Wildman–Crippen MR) is 120 cm³/mol. The summed E-state index contributed by atoms with van der Waals surface area (Å²) in [7, 11) is -0.674. The number of rotatable bonds is 6. The van der Waals surface area contributed by atoms with Gasteiger partial charge in [0.15, 0.2) is 20.7 Å². The second-order valence-corrected chi connectivity index (χ2v) is 14.7. The van der Waals surface area contributed by atoms with Gasteiger partial charge in [-0.3, -0.25) is 4.84 Å². The Labute approximate surface area is 187 Å². The Morgan fingerprint density at radius 2 is 1.90 bits per heavy atom. The third-order valence-electron chi connectivity index (χ3n) is 6.58. The lowest BCUT2D eigenvalue weighted by Crippen LogP contribution is -2.57. The van der Waals surface area contributed by atoms with Crippen LogP contribution in [0.3, 0.4) is 0 Å². The minimum atomic E-state index is -2.06. The quantitative estimate of drug-likeness (QED) is 0.480. The molecule has 0 spiro atoms. The van der Waals surface area contributed by atoms with Gasteiger partial charge in [0.25, 0.3) is 0 Å². The lowest BCUT2D eigenvalue weighted by Gasteiger charge is -2.46. The molecule has 2 aliphatic rings. The van der Waals surface area contributed by atoms with E-state index >= 15 is 0 Å². The first kappa shape index (κ1) is 24.4. The average Bonchev–Trinajstić information content (AvgIpc) is 3.12. The molecule has 0 amide bonds. The number of carbonyl (C=O) groups is 1. The van der Waals surface area contributed by atoms with Crippen molar-refractivity contribution in [1.82, 2.24) is 5.06 Å². The van der Waals surface area contributed by atoms with E-state index in [2.05, 4.69) is 33.9 Å². The summed E-state index contributed by atoms with van der Waals surface area (Å²) in [5.74, 6) is -0.373. The summed E-state index contributed by atoms with van der Waals surface area (Å²) in [6.07, 6.45) is -1.04. The molecule has 1 aromatic carbocycles. The first-order chi connectivity index (χ1) is 14.5. The third-order valence-corrected chi connectivity index (χ3v) is 11.1. The molecule has 0 bridgehead atoms. The van der Waals surface area contributed by atoms with E-state index < -0.39 is 14.4 Å². The Bertz CT molecular complexity index is 737. The highest BCUT2D eigenvalue weighted by atomic mass is 28.4. The molecule has 3 rings (SSSR count). The second kappa shape index (κ2) is 9.68. The van der Waals surface area contributed by atoms with Crippen LogP contribution in [0.15, 0.2) is 30.3 Å². The van der Waals surface area contributed by atoms with Gasteiger partial charge in [-0.05, 0) is 30.6 Å². The Balaban J connectivity index is 1.86. The zero-order valence-electron chi connectivity index (χ0n) is 19.8. The van der Waals surface area contributed by atoms with E-state index in [1.54, 1.807) is 0 Å². The minimum Gasteiger partial charge on any atom is -0.467 e. The van der Waals surface area contributed by atoms with Gasteiger partial charge in [0, 0.05) is 13.0 Å². The summed E-state index contributed by atoms with van der Waals surface area (Å²) in [5, 5.41) is 1.92. The Morgan fingerprint density at radius 3 is 2.52 bits per heavy atom. The SMILES string of the molecule is COC(=O)[C@@H]1C[C@H]([C@H]2O[C@@H](C)OC[C@H]2O[Si](C)(C)C(C)(C)C)N(Cc2ccccc2)O1. The molecule has 2 saturated heterocycles. The van der Waals surface area contributed by atoms with Crippen molar-refractivity contribution in [1.29, 1.82) is 0 Å². The summed E-state index contributed by atoms with van der Waals surface area (Å²) >= 11 is 0. The van der Waals surface area contributed by atoms with Crippen molar-refractivity contribution in [2.45, 2.75) is 89.4 Å². The van der Waals surface area contributed by atoms with E-state index in [9.17, 15) is 4.79 Å². The van der Waals surface area contributed by atoms with Gasteiger partial charge in [0.1, 0.15) is 6.10 Å². The highest BCUT2D eigenvalue weighted by Crippen LogP contribution is 2.40. The molecule has 0 aromatic heterocycles. The molecule has 2 heterocycles. The maximum Gasteiger partial charge on any atom is 0.337 e. The Hall–Kier alpha value is -1.29. The third kappa shape index (κ3) is 5.74. The minimum absolute atomic E-state index is 0.0606. The van der Waals surface area contributed by atoms with Crippen molar-refractivity contribution in [3.8, 4) is 0 Å². The van der Waals surface area contributed by atoms with Crippen LogP contribution in [0.25, 0.3) is 0 Å². The number of hydrogen-bond acceptors (Lipinski definition) is 7. The van der Waals surface area contributed by atoms with E-state index in [-0.39, 0.29) is 35.5 Å². The fourth-order valence-corrected chi connectivity index (χ4v) is 5.09. The van der Waals surface area contributed by atoms with Gasteiger partial charge in [0.2, 0.25) is 0 Å². The zero-order valence-corrected chi connectivity index (χ0v) is 20.8. The fourth-order valence-electron chi connectivity index (χ4n) is 3.78. The van der Waals surface area contributed by atoms with Crippen molar-refractivity contribution in [2.75, 3.05) is 13.7 Å². The highest BCUT2D eigenvalue weighted by Gasteiger charge is 2.50. The van der Waals surface area contributed by atoms with Crippen LogP contribution in [0.4, 0.5) is 0 Å². The first-order valence-corrected chi connectivity index (χ1v) is 13.9. The van der Waals surface area contributed by atoms with Crippen LogP contribution in [-0.4, -0.2) is 63.7 Å². The number of hydroxylamine groups is 2. The summed E-state index contributed by atoms with van der Waals surface area (Å²) in [6.45, 7) is 14.0. The number of ether oxygens (including phenoxy) is 3. The van der Waals surface area contributed by atoms with Crippen molar-refractivity contribution >= 4 is 14.3 Å². The highest BCUT2D eigenvalue weighted by molar-refractivity contribution is 6.74. The summed E-state index contributed by atoms with van der Waals surface area (Å²) in [4.78, 5) is 18.3. The van der Waals surface area contributed by atoms with E-state index in [0.29, 0.717) is 19.6 Å². The van der Waals surface area contributed by atoms with E-state index in [1.165, 1.54) is 7.11 Å². The predicted octanol–water partition coefficient (Wildman–Crippen LogP) is 3.89. The van der Waals surface area contributed by atoms with Crippen molar-refractivity contribution < 1.29 is 28.3 Å². The monoisotopic (exact) mass is 451 g/mol. The molecular formula is C23H37NO6Si. The van der Waals surface area contributed by atoms with Gasteiger partial charge in [-0.2, -0.15) is 5.06 Å². The zero-order chi connectivity index (χ0) is 22.8. The fraction of sp³-hybridized carbons (Fsp3) is 0.696. The molecule has 2 aliphatic heterocycles. The van der Waals surface area contributed by atoms with Gasteiger partial charge >= 0.3 is 5.97 Å². The first-order valence-electron chi connectivity index (χ1n) is 11.0. The number of benzene rings is 1. The van der Waals surface area contributed by atoms with Crippen LogP contribution in [0, 0.1) is 0 Å². The Kier molecular flexibility index (Phi) is 7.61. The molecule has 0 radical (unpaired) electrons. The van der Waals surface area contributed by atoms with Gasteiger partial charge in [-0.15, -0.1) is 0 Å². The molecule has 7 nitrogen and oxygen atoms in total. The Morgan fingerprint density at radius 1 is 1.23 bits per heavy atom. The number of esters is 1. The molecule has 0 saturated carbocycles. The van der Waals surface area contributed by atoms with Crippen molar-refractivity contribution in [3.05, 3.63) is 35.9 Å². The largest absolute Gasteiger partial charge is 0.467 e. The molecule has 0 N–H and O–H groups in total. The smallest absolute Gasteiger partial charge is 0.337 e. The average molecular weight is 452 g/mol. The molecule has 8 heteroatoms. The van der Waals surface area contributed by atoms with E-state index in [0.717, 1.165) is 5.56 Å². The number of hydrogen-bond donors (Lipinski definition) is 0. The van der Waals surface area contributed by atoms with Crippen LogP contribution in [-0.2, 0) is 34.8 Å². The molecule has 0 aliphatic carbocycles. The topological polar surface area (TPSA) is 66.5 Å². The lowest BCUT2D eigenvalue weighted by atomic mass is 9.99. The molecule has 1 aromatic rings. The van der Waals surface area contributed by atoms with E-state index in [4.69, 9.17) is 23.5 Å². The van der Waals surface area contributed by atoms with Crippen LogP contribution >= 0.6 is 0 Å². The van der Waals surface area contributed by atoms with Crippen molar-refractivity contribution in [3.63, 3.8) is 0 Å². The van der Waals surface area contributed by atoms with Gasteiger partial charge in [0.05, 0.1) is 25.9 Å². The second-order valence-electron chi connectivity index (χ2n) is 9.90. The van der Waals surface area contributed by atoms with Crippen LogP contribution in [0.2, 0.25) is 18.1 Å². The van der Waals surface area contributed by atoms with Gasteiger partial charge in [-0.25, -0.2) is 4.79 Å². The maximum absolute atomic E-state index is 12.3. The number of carbonyl (C=O) groups excluding carboxylic acids is 1. The molecule has 2 fully saturated rings. The maximum atomic E-state index is 12.3. The summed E-state index contributed by atoms with van der Waals surface area (Å²) in [5.41, 5.74) is 1.10. The van der Waals surface area contributed by atoms with Crippen LogP contribution in [0.1, 0.15) is 39.7 Å². The lowest BCUT2D eigenvalue weighted by molar-refractivity contribution is -0.271. The molecule has 5 atom stereocenters. The number of methoxy groups -OCH3 is 1. The normalized spacial score (nSPS) is 30.4. The van der Waals surface area contributed by atoms with E-state index in [1.807, 2.05) is 42.3 Å². The standard InChI is InChI=1S/C23H37NO6Si/c1-16-27-15-20(30-31(6,7)23(2,3)4)21(28-16)18-13-19(22(25)26-5)29-24(18)14-17-11-9-8-10-12-17/h8-12,16,18-21H,13-15H2,1-7H3/t16-,18+,19-,20+,21+/m0/s1. The molecule has 174 valence electrons. The molecular weight excluding hydrogens is 414 g/mol. The van der Waals surface area contributed by atoms with Gasteiger partial charge in [-0.1, -0.05) is 51.1 Å². The molecule has 31 heavy (non-hydrogen) atoms. The molecule has 0 unspecified atom stereocenters. The van der Waals surface area contributed by atoms with Crippen LogP contribution in [0.5, 0.6) is 0 Å². The summed E-state index contributed by atoms with van der Waals surface area (Å²) in [6, 6.07) is 9.90.